The lowest BCUT2D eigenvalue weighted by Gasteiger charge is -2.21. The number of carbonyl (C=O) groups excluding carboxylic acids is 2. The van der Waals surface area contributed by atoms with Crippen molar-refractivity contribution >= 4 is 11.9 Å². The molecule has 2 N–H and O–H groups in total. The summed E-state index contributed by atoms with van der Waals surface area (Å²) in [5, 5.41) is 0. The van der Waals surface area contributed by atoms with Crippen LogP contribution in [0.15, 0.2) is 18.2 Å². The first-order chi connectivity index (χ1) is 12.3. The van der Waals surface area contributed by atoms with Gasteiger partial charge in [-0.15, -0.1) is 0 Å². The van der Waals surface area contributed by atoms with Crippen LogP contribution in [0.4, 0.5) is 13.2 Å². The van der Waals surface area contributed by atoms with Crippen LogP contribution in [0.25, 0.3) is 0 Å². The van der Waals surface area contributed by atoms with Crippen LogP contribution in [-0.4, -0.2) is 31.3 Å². The molecule has 1 unspecified atom stereocenters. The van der Waals surface area contributed by atoms with Gasteiger partial charge in [-0.1, -0.05) is 13.0 Å². The molecule has 0 bridgehead atoms. The van der Waals surface area contributed by atoms with Crippen molar-refractivity contribution in [1.82, 2.24) is 0 Å². The van der Waals surface area contributed by atoms with Crippen LogP contribution in [0.3, 0.4) is 0 Å². The van der Waals surface area contributed by atoms with Crippen LogP contribution in [0.5, 0.6) is 5.75 Å². The number of ether oxygens (including phenoxy) is 2. The highest BCUT2D eigenvalue weighted by molar-refractivity contribution is 5.90. The van der Waals surface area contributed by atoms with E-state index in [2.05, 4.69) is 4.74 Å². The van der Waals surface area contributed by atoms with E-state index in [-0.39, 0.29) is 12.3 Å². The number of benzene rings is 1. The Hall–Kier alpha value is -2.09. The molecule has 2 rings (SSSR count). The van der Waals surface area contributed by atoms with Crippen LogP contribution >= 0.6 is 0 Å². The molecule has 0 saturated carbocycles. The van der Waals surface area contributed by atoms with Gasteiger partial charge in [0.2, 0.25) is 0 Å². The van der Waals surface area contributed by atoms with Crippen molar-refractivity contribution in [1.29, 1.82) is 0 Å². The molecular weight excluding hydrogens is 351 g/mol. The number of fused-ring (bicyclic) bond motifs is 1. The third-order valence-corrected chi connectivity index (χ3v) is 4.51. The van der Waals surface area contributed by atoms with Crippen LogP contribution in [0.1, 0.15) is 43.2 Å². The zero-order valence-electron chi connectivity index (χ0n) is 14.5. The molecule has 144 valence electrons. The number of halogens is 3. The second-order valence-electron chi connectivity index (χ2n) is 6.22. The molecule has 0 amide bonds. The summed E-state index contributed by atoms with van der Waals surface area (Å²) in [5.41, 5.74) is 7.30. The van der Waals surface area contributed by atoms with Gasteiger partial charge in [0.15, 0.2) is 0 Å². The fourth-order valence-electron chi connectivity index (χ4n) is 3.25. The molecule has 1 aliphatic rings. The summed E-state index contributed by atoms with van der Waals surface area (Å²) >= 11 is 0. The van der Waals surface area contributed by atoms with Crippen molar-refractivity contribution < 1.29 is 32.2 Å². The number of nitrogens with two attached hydrogens (primary N) is 1. The van der Waals surface area contributed by atoms with Crippen molar-refractivity contribution in [3.63, 3.8) is 0 Å². The fourth-order valence-corrected chi connectivity index (χ4v) is 3.25. The summed E-state index contributed by atoms with van der Waals surface area (Å²) < 4.78 is 46.6. The van der Waals surface area contributed by atoms with Gasteiger partial charge in [-0.3, -0.25) is 4.79 Å². The Bertz CT molecular complexity index is 660. The summed E-state index contributed by atoms with van der Waals surface area (Å²) in [7, 11) is 0. The van der Waals surface area contributed by atoms with Crippen molar-refractivity contribution in [2.75, 3.05) is 13.2 Å². The molecule has 1 aliphatic carbocycles. The largest absolute Gasteiger partial charge is 0.494 e. The third kappa shape index (κ3) is 4.75. The van der Waals surface area contributed by atoms with Gasteiger partial charge in [0.1, 0.15) is 5.75 Å². The first-order valence-corrected chi connectivity index (χ1v) is 8.56. The third-order valence-electron chi connectivity index (χ3n) is 4.51. The Kier molecular flexibility index (Phi) is 6.63. The minimum Gasteiger partial charge on any atom is -0.494 e. The van der Waals surface area contributed by atoms with Gasteiger partial charge in [0.05, 0.1) is 12.5 Å². The number of carbonyl (C=O) groups is 2. The highest BCUT2D eigenvalue weighted by atomic mass is 19.4. The van der Waals surface area contributed by atoms with E-state index in [0.717, 1.165) is 17.5 Å². The molecular formula is C18H22F3NO4. The quantitative estimate of drug-likeness (QED) is 0.451. The highest BCUT2D eigenvalue weighted by Gasteiger charge is 2.44. The second kappa shape index (κ2) is 8.53. The average molecular weight is 373 g/mol. The molecule has 1 aromatic carbocycles. The van der Waals surface area contributed by atoms with E-state index < -0.39 is 24.0 Å². The van der Waals surface area contributed by atoms with Crippen molar-refractivity contribution in [3.05, 3.63) is 29.3 Å². The van der Waals surface area contributed by atoms with Gasteiger partial charge in [0.25, 0.3) is 0 Å². The average Bonchev–Trinajstić information content (AvgIpc) is 2.98. The predicted molar refractivity (Wildman–Crippen MR) is 87.6 cm³/mol. The summed E-state index contributed by atoms with van der Waals surface area (Å²) in [4.78, 5) is 23.0. The molecule has 2 atom stereocenters. The Morgan fingerprint density at radius 3 is 2.69 bits per heavy atom. The molecule has 0 aromatic heterocycles. The Balaban J connectivity index is 2.10. The van der Waals surface area contributed by atoms with Crippen LogP contribution in [0.2, 0.25) is 0 Å². The summed E-state index contributed by atoms with van der Waals surface area (Å²) in [6, 6.07) is 5.48. The number of hydrogen-bond acceptors (Lipinski definition) is 5. The number of aryl methyl sites for hydroxylation is 1. The molecule has 26 heavy (non-hydrogen) atoms. The standard InChI is InChI=1S/C18H22F3NO4/c1-2-13(16(23)26-17(24)18(19,20)21)15-6-4-11-10-12(5-7-14(11)15)25-9-3-8-22/h5,7,10,13,15H,2-4,6,8-9,22H2,1H3/t13?,15-/m0/s1. The van der Waals surface area contributed by atoms with Gasteiger partial charge >= 0.3 is 18.1 Å². The van der Waals surface area contributed by atoms with Crippen molar-refractivity contribution in [3.8, 4) is 5.75 Å². The smallest absolute Gasteiger partial charge is 0.491 e. The van der Waals surface area contributed by atoms with E-state index in [9.17, 15) is 22.8 Å². The molecule has 0 aliphatic heterocycles. The molecule has 0 heterocycles. The summed E-state index contributed by atoms with van der Waals surface area (Å²) in [6.07, 6.45) is -2.88. The number of hydrogen-bond donors (Lipinski definition) is 1. The van der Waals surface area contributed by atoms with Gasteiger partial charge < -0.3 is 15.2 Å². The Labute approximate surface area is 149 Å². The van der Waals surface area contributed by atoms with E-state index >= 15 is 0 Å². The van der Waals surface area contributed by atoms with Gasteiger partial charge in [-0.2, -0.15) is 13.2 Å². The van der Waals surface area contributed by atoms with Crippen LogP contribution in [-0.2, 0) is 20.7 Å². The number of alkyl halides is 3. The first-order valence-electron chi connectivity index (χ1n) is 8.56. The molecule has 0 saturated heterocycles. The zero-order valence-corrected chi connectivity index (χ0v) is 14.5. The highest BCUT2D eigenvalue weighted by Crippen LogP contribution is 2.41. The van der Waals surface area contributed by atoms with E-state index in [4.69, 9.17) is 10.5 Å². The minimum absolute atomic E-state index is 0.276. The first kappa shape index (κ1) is 20.2. The van der Waals surface area contributed by atoms with Crippen molar-refractivity contribution in [2.24, 2.45) is 11.7 Å². The lowest BCUT2D eigenvalue weighted by atomic mass is 9.85. The zero-order chi connectivity index (χ0) is 19.3. The monoisotopic (exact) mass is 373 g/mol. The van der Waals surface area contributed by atoms with Gasteiger partial charge in [-0.05, 0) is 61.4 Å². The Morgan fingerprint density at radius 1 is 1.35 bits per heavy atom. The SMILES string of the molecule is CCC(C(=O)OC(=O)C(F)(F)F)[C@@H]1CCc2cc(OCCCN)ccc21. The van der Waals surface area contributed by atoms with Gasteiger partial charge in [0, 0.05) is 0 Å². The topological polar surface area (TPSA) is 78.6 Å². The maximum absolute atomic E-state index is 12.3. The number of rotatable bonds is 7. The minimum atomic E-state index is -5.18. The Morgan fingerprint density at radius 2 is 2.08 bits per heavy atom. The molecule has 5 nitrogen and oxygen atoms in total. The molecule has 0 spiro atoms. The van der Waals surface area contributed by atoms with E-state index in [1.165, 1.54) is 0 Å². The van der Waals surface area contributed by atoms with Crippen molar-refractivity contribution in [2.45, 2.75) is 44.7 Å². The lowest BCUT2D eigenvalue weighted by Crippen LogP contribution is -2.32. The van der Waals surface area contributed by atoms with Crippen LogP contribution in [0, 0.1) is 5.92 Å². The molecule has 8 heteroatoms. The van der Waals surface area contributed by atoms with Crippen LogP contribution < -0.4 is 10.5 Å². The van der Waals surface area contributed by atoms with E-state index in [0.29, 0.717) is 31.7 Å². The summed E-state index contributed by atoms with van der Waals surface area (Å²) in [6.45, 7) is 2.72. The molecule has 1 aromatic rings. The predicted octanol–water partition coefficient (Wildman–Crippen LogP) is 3.10. The molecule has 0 fully saturated rings. The second-order valence-corrected chi connectivity index (χ2v) is 6.22. The fraction of sp³-hybridized carbons (Fsp3) is 0.556. The maximum Gasteiger partial charge on any atom is 0.491 e. The maximum atomic E-state index is 12.3. The molecule has 0 radical (unpaired) electrons. The van der Waals surface area contributed by atoms with Gasteiger partial charge in [-0.25, -0.2) is 4.79 Å². The normalized spacial score (nSPS) is 17.5. The lowest BCUT2D eigenvalue weighted by molar-refractivity contribution is -0.203. The van der Waals surface area contributed by atoms with E-state index in [1.54, 1.807) is 13.0 Å². The summed E-state index contributed by atoms with van der Waals surface area (Å²) in [5.74, 6) is -3.98. The van der Waals surface area contributed by atoms with E-state index in [1.807, 2.05) is 12.1 Å². The number of esters is 2.